The molecule has 0 unspecified atom stereocenters. The van der Waals surface area contributed by atoms with E-state index in [2.05, 4.69) is 47.7 Å². The molecule has 0 bridgehead atoms. The molecule has 2 heteroatoms. The molecule has 1 aromatic carbocycles. The van der Waals surface area contributed by atoms with Gasteiger partial charge in [-0.05, 0) is 62.9 Å². The number of benzene rings is 1. The molecule has 0 saturated carbocycles. The highest BCUT2D eigenvalue weighted by atomic mass is 15.1. The maximum Gasteiger partial charge on any atom is 0.0361 e. The van der Waals surface area contributed by atoms with Crippen LogP contribution in [0, 0.1) is 5.92 Å². The third kappa shape index (κ3) is 4.11. The van der Waals surface area contributed by atoms with E-state index in [-0.39, 0.29) is 0 Å². The highest BCUT2D eigenvalue weighted by Gasteiger charge is 2.16. The van der Waals surface area contributed by atoms with Crippen molar-refractivity contribution in [3.05, 3.63) is 42.0 Å². The largest absolute Gasteiger partial charge is 0.378 e. The average Bonchev–Trinajstić information content (AvgIpc) is 2.46. The zero-order valence-electron chi connectivity index (χ0n) is 13.2. The Morgan fingerprint density at radius 2 is 1.80 bits per heavy atom. The van der Waals surface area contributed by atoms with Crippen LogP contribution in [0.25, 0.3) is 5.70 Å². The minimum atomic E-state index is 0.919. The van der Waals surface area contributed by atoms with Gasteiger partial charge in [0, 0.05) is 19.8 Å². The van der Waals surface area contributed by atoms with Crippen LogP contribution < -0.4 is 0 Å². The maximum atomic E-state index is 4.10. The average molecular weight is 272 g/mol. The first-order chi connectivity index (χ1) is 9.56. The summed E-state index contributed by atoms with van der Waals surface area (Å²) in [4.78, 5) is 4.51. The molecule has 0 amide bonds. The molecule has 0 atom stereocenters. The van der Waals surface area contributed by atoms with Crippen LogP contribution in [0.5, 0.6) is 0 Å². The van der Waals surface area contributed by atoms with E-state index in [4.69, 9.17) is 0 Å². The Morgan fingerprint density at radius 3 is 2.35 bits per heavy atom. The van der Waals surface area contributed by atoms with E-state index >= 15 is 0 Å². The Bertz CT molecular complexity index is 425. The number of piperidine rings is 1. The molecular weight excluding hydrogens is 244 g/mol. The van der Waals surface area contributed by atoms with Gasteiger partial charge < -0.3 is 9.80 Å². The minimum Gasteiger partial charge on any atom is -0.378 e. The van der Waals surface area contributed by atoms with Crippen molar-refractivity contribution in [2.45, 2.75) is 25.7 Å². The van der Waals surface area contributed by atoms with Gasteiger partial charge in [0.25, 0.3) is 0 Å². The molecule has 1 saturated heterocycles. The Balaban J connectivity index is 1.83. The van der Waals surface area contributed by atoms with Crippen LogP contribution in [0.1, 0.15) is 30.4 Å². The van der Waals surface area contributed by atoms with Crippen LogP contribution in [-0.4, -0.2) is 44.0 Å². The fraction of sp³-hybridized carbons (Fsp3) is 0.556. The molecule has 2 rings (SSSR count). The van der Waals surface area contributed by atoms with Crippen LogP contribution in [0.4, 0.5) is 0 Å². The smallest absolute Gasteiger partial charge is 0.0361 e. The fourth-order valence-corrected chi connectivity index (χ4v) is 2.84. The summed E-state index contributed by atoms with van der Waals surface area (Å²) >= 11 is 0. The summed E-state index contributed by atoms with van der Waals surface area (Å²) in [6.45, 7) is 6.64. The van der Waals surface area contributed by atoms with Crippen molar-refractivity contribution in [3.8, 4) is 0 Å². The number of hydrogen-bond donors (Lipinski definition) is 0. The zero-order valence-corrected chi connectivity index (χ0v) is 13.2. The van der Waals surface area contributed by atoms with E-state index in [0.29, 0.717) is 0 Å². The Morgan fingerprint density at radius 1 is 1.20 bits per heavy atom. The second-order valence-electron chi connectivity index (χ2n) is 6.32. The summed E-state index contributed by atoms with van der Waals surface area (Å²) in [5.74, 6) is 0.919. The molecule has 1 aliphatic heterocycles. The van der Waals surface area contributed by atoms with Crippen molar-refractivity contribution < 1.29 is 0 Å². The van der Waals surface area contributed by atoms with E-state index < -0.39 is 0 Å². The van der Waals surface area contributed by atoms with Crippen LogP contribution >= 0.6 is 0 Å². The second-order valence-corrected chi connectivity index (χ2v) is 6.32. The molecule has 0 aromatic heterocycles. The lowest BCUT2D eigenvalue weighted by atomic mass is 9.90. The van der Waals surface area contributed by atoms with Crippen LogP contribution in [0.2, 0.25) is 0 Å². The van der Waals surface area contributed by atoms with Crippen molar-refractivity contribution in [3.63, 3.8) is 0 Å². The molecule has 1 aromatic rings. The summed E-state index contributed by atoms with van der Waals surface area (Å²) in [7, 11) is 6.30. The molecule has 1 heterocycles. The Hall–Kier alpha value is -1.28. The van der Waals surface area contributed by atoms with Crippen molar-refractivity contribution in [1.82, 2.24) is 9.80 Å². The SMILES string of the molecule is C=C(c1ccc(CCC2CCN(C)CC2)cc1)N(C)C. The number of aryl methyl sites for hydroxylation is 1. The van der Waals surface area contributed by atoms with Gasteiger partial charge in [0.05, 0.1) is 0 Å². The zero-order chi connectivity index (χ0) is 14.5. The predicted octanol–water partition coefficient (Wildman–Crippen LogP) is 3.49. The van der Waals surface area contributed by atoms with Crippen molar-refractivity contribution >= 4 is 5.70 Å². The predicted molar refractivity (Wildman–Crippen MR) is 87.7 cm³/mol. The minimum absolute atomic E-state index is 0.919. The number of likely N-dealkylation sites (tertiary alicyclic amines) is 1. The normalized spacial score (nSPS) is 17.1. The molecule has 0 radical (unpaired) electrons. The van der Waals surface area contributed by atoms with Gasteiger partial charge in [-0.15, -0.1) is 0 Å². The lowest BCUT2D eigenvalue weighted by Crippen LogP contribution is -2.30. The monoisotopic (exact) mass is 272 g/mol. The van der Waals surface area contributed by atoms with E-state index in [0.717, 1.165) is 11.6 Å². The van der Waals surface area contributed by atoms with E-state index in [1.165, 1.54) is 49.9 Å². The van der Waals surface area contributed by atoms with Gasteiger partial charge in [-0.25, -0.2) is 0 Å². The lowest BCUT2D eigenvalue weighted by Gasteiger charge is -2.28. The van der Waals surface area contributed by atoms with E-state index in [9.17, 15) is 0 Å². The van der Waals surface area contributed by atoms with Gasteiger partial charge in [0.2, 0.25) is 0 Å². The number of nitrogens with zero attached hydrogens (tertiary/aromatic N) is 2. The standard InChI is InChI=1S/C18H28N2/c1-15(19(2)3)18-9-7-16(8-10-18)5-6-17-11-13-20(4)14-12-17/h7-10,17H,1,5-6,11-14H2,2-4H3. The molecule has 1 fully saturated rings. The molecule has 2 nitrogen and oxygen atoms in total. The first-order valence-corrected chi connectivity index (χ1v) is 7.70. The summed E-state index contributed by atoms with van der Waals surface area (Å²) in [6.07, 6.45) is 5.28. The van der Waals surface area contributed by atoms with Gasteiger partial charge in [-0.1, -0.05) is 30.8 Å². The first-order valence-electron chi connectivity index (χ1n) is 7.70. The first kappa shape index (κ1) is 15.1. The summed E-state index contributed by atoms with van der Waals surface area (Å²) in [5.41, 5.74) is 3.75. The number of hydrogen-bond acceptors (Lipinski definition) is 2. The number of rotatable bonds is 5. The van der Waals surface area contributed by atoms with Crippen molar-refractivity contribution in [2.24, 2.45) is 5.92 Å². The van der Waals surface area contributed by atoms with Crippen LogP contribution in [-0.2, 0) is 6.42 Å². The quantitative estimate of drug-likeness (QED) is 0.809. The van der Waals surface area contributed by atoms with E-state index in [1.54, 1.807) is 0 Å². The summed E-state index contributed by atoms with van der Waals surface area (Å²) in [6, 6.07) is 8.93. The topological polar surface area (TPSA) is 6.48 Å². The van der Waals surface area contributed by atoms with E-state index in [1.807, 2.05) is 14.1 Å². The van der Waals surface area contributed by atoms with Crippen LogP contribution in [0.15, 0.2) is 30.8 Å². The van der Waals surface area contributed by atoms with Gasteiger partial charge in [0.15, 0.2) is 0 Å². The molecule has 0 N–H and O–H groups in total. The van der Waals surface area contributed by atoms with Crippen LogP contribution in [0.3, 0.4) is 0 Å². The fourth-order valence-electron chi connectivity index (χ4n) is 2.84. The molecule has 20 heavy (non-hydrogen) atoms. The van der Waals surface area contributed by atoms with Gasteiger partial charge >= 0.3 is 0 Å². The molecule has 0 spiro atoms. The third-order valence-corrected chi connectivity index (χ3v) is 4.51. The Labute approximate surface area is 124 Å². The van der Waals surface area contributed by atoms with Crippen molar-refractivity contribution in [2.75, 3.05) is 34.2 Å². The molecule has 0 aliphatic carbocycles. The highest BCUT2D eigenvalue weighted by Crippen LogP contribution is 2.22. The second kappa shape index (κ2) is 6.94. The lowest BCUT2D eigenvalue weighted by molar-refractivity contribution is 0.212. The maximum absolute atomic E-state index is 4.10. The van der Waals surface area contributed by atoms with Gasteiger partial charge in [-0.2, -0.15) is 0 Å². The molecule has 110 valence electrons. The highest BCUT2D eigenvalue weighted by molar-refractivity contribution is 5.61. The third-order valence-electron chi connectivity index (χ3n) is 4.51. The molecule has 1 aliphatic rings. The summed E-state index contributed by atoms with van der Waals surface area (Å²) < 4.78 is 0. The molecular formula is C18H28N2. The van der Waals surface area contributed by atoms with Crippen molar-refractivity contribution in [1.29, 1.82) is 0 Å². The Kier molecular flexibility index (Phi) is 5.24. The van der Waals surface area contributed by atoms with Gasteiger partial charge in [0.1, 0.15) is 0 Å². The van der Waals surface area contributed by atoms with Gasteiger partial charge in [-0.3, -0.25) is 0 Å². The summed E-state index contributed by atoms with van der Waals surface area (Å²) in [5, 5.41) is 0.